The Morgan fingerprint density at radius 2 is 1.87 bits per heavy atom. The number of nitrogens with zero attached hydrogens (tertiary/aromatic N) is 1. The third kappa shape index (κ3) is 4.92. The number of rotatable bonds is 8. The van der Waals surface area contributed by atoms with Gasteiger partial charge < -0.3 is 9.90 Å². The lowest BCUT2D eigenvalue weighted by atomic mass is 9.76. The van der Waals surface area contributed by atoms with Crippen molar-refractivity contribution < 1.29 is 9.90 Å². The number of hydrogen-bond acceptors (Lipinski definition) is 4. The van der Waals surface area contributed by atoms with Gasteiger partial charge in [0.1, 0.15) is 6.29 Å². The van der Waals surface area contributed by atoms with E-state index in [4.69, 9.17) is 16.6 Å². The molecule has 1 aliphatic heterocycles. The summed E-state index contributed by atoms with van der Waals surface area (Å²) in [5.41, 5.74) is 5.86. The highest BCUT2D eigenvalue weighted by atomic mass is 35.5. The molecule has 0 bridgehead atoms. The summed E-state index contributed by atoms with van der Waals surface area (Å²) in [5.74, 6) is 0.963. The standard InChI is InChI=1S/C34H34ClNO2S/c1-32(2,38)28-8-3-4-9-29(28)34-20-31(39-22-33(34,21-34)16-17-37)25-7-5-6-23(18-25)10-14-27-15-12-24-11-13-26(35)19-30(24)36-27/h3-9,11-13,15,17-19,31,38H,10,14,16,20-22H2,1-2H3. The Morgan fingerprint density at radius 1 is 1.05 bits per heavy atom. The summed E-state index contributed by atoms with van der Waals surface area (Å²) < 4.78 is 0. The molecule has 3 atom stereocenters. The molecular formula is C34H34ClNO2S. The Morgan fingerprint density at radius 3 is 2.69 bits per heavy atom. The molecule has 2 heterocycles. The highest BCUT2D eigenvalue weighted by Crippen LogP contribution is 2.75. The Labute approximate surface area is 240 Å². The molecule has 200 valence electrons. The smallest absolute Gasteiger partial charge is 0.120 e. The highest BCUT2D eigenvalue weighted by Gasteiger charge is 2.70. The predicted molar refractivity (Wildman–Crippen MR) is 162 cm³/mol. The van der Waals surface area contributed by atoms with Gasteiger partial charge in [-0.2, -0.15) is 11.8 Å². The van der Waals surface area contributed by atoms with Gasteiger partial charge in [-0.3, -0.25) is 4.98 Å². The lowest BCUT2D eigenvalue weighted by Gasteiger charge is -2.37. The summed E-state index contributed by atoms with van der Waals surface area (Å²) >= 11 is 8.17. The van der Waals surface area contributed by atoms with Crippen LogP contribution in [-0.2, 0) is 28.7 Å². The zero-order valence-electron chi connectivity index (χ0n) is 22.5. The van der Waals surface area contributed by atoms with Crippen LogP contribution in [0.4, 0.5) is 0 Å². The summed E-state index contributed by atoms with van der Waals surface area (Å²) in [4.78, 5) is 16.6. The lowest BCUT2D eigenvalue weighted by Crippen LogP contribution is -2.31. The summed E-state index contributed by atoms with van der Waals surface area (Å²) in [6.07, 6.45) is 5.46. The second-order valence-corrected chi connectivity index (χ2v) is 13.5. The minimum absolute atomic E-state index is 0.0144. The number of carbonyl (C=O) groups is 1. The van der Waals surface area contributed by atoms with E-state index < -0.39 is 5.60 Å². The molecule has 3 unspecified atom stereocenters. The molecule has 5 heteroatoms. The Hall–Kier alpha value is -2.66. The zero-order chi connectivity index (χ0) is 27.3. The number of aliphatic hydroxyl groups is 1. The molecule has 1 aromatic heterocycles. The van der Waals surface area contributed by atoms with Gasteiger partial charge in [-0.1, -0.05) is 72.3 Å². The van der Waals surface area contributed by atoms with Crippen LogP contribution in [0.5, 0.6) is 0 Å². The van der Waals surface area contributed by atoms with E-state index in [1.807, 2.05) is 49.9 Å². The molecule has 3 aromatic carbocycles. The van der Waals surface area contributed by atoms with Crippen molar-refractivity contribution in [3.05, 3.63) is 112 Å². The van der Waals surface area contributed by atoms with Crippen molar-refractivity contribution in [2.24, 2.45) is 5.41 Å². The van der Waals surface area contributed by atoms with Gasteiger partial charge in [-0.05, 0) is 85.4 Å². The minimum Gasteiger partial charge on any atom is -0.386 e. The number of aldehydes is 1. The molecule has 0 amide bonds. The van der Waals surface area contributed by atoms with Gasteiger partial charge in [-0.15, -0.1) is 0 Å². The van der Waals surface area contributed by atoms with Gasteiger partial charge in [0, 0.05) is 38.9 Å². The number of aromatic nitrogens is 1. The summed E-state index contributed by atoms with van der Waals surface area (Å²) in [6.45, 7) is 3.73. The average molecular weight is 556 g/mol. The van der Waals surface area contributed by atoms with Gasteiger partial charge in [-0.25, -0.2) is 0 Å². The maximum Gasteiger partial charge on any atom is 0.120 e. The molecule has 0 radical (unpaired) electrons. The summed E-state index contributed by atoms with van der Waals surface area (Å²) in [5, 5.41) is 13.2. The van der Waals surface area contributed by atoms with Gasteiger partial charge >= 0.3 is 0 Å². The average Bonchev–Trinajstić information content (AvgIpc) is 3.60. The van der Waals surface area contributed by atoms with Crippen LogP contribution in [0.15, 0.2) is 78.9 Å². The topological polar surface area (TPSA) is 50.2 Å². The van der Waals surface area contributed by atoms with Gasteiger partial charge in [0.2, 0.25) is 0 Å². The monoisotopic (exact) mass is 555 g/mol. The van der Waals surface area contributed by atoms with E-state index in [0.29, 0.717) is 16.7 Å². The number of carbonyl (C=O) groups excluding carboxylic acids is 1. The van der Waals surface area contributed by atoms with Crippen molar-refractivity contribution in [1.82, 2.24) is 4.98 Å². The number of hydrogen-bond donors (Lipinski definition) is 1. The van der Waals surface area contributed by atoms with Crippen LogP contribution in [0.3, 0.4) is 0 Å². The summed E-state index contributed by atoms with van der Waals surface area (Å²) in [6, 6.07) is 27.4. The first kappa shape index (κ1) is 26.6. The molecule has 1 saturated carbocycles. The fourth-order valence-corrected chi connectivity index (χ4v) is 8.69. The SMILES string of the molecule is CC(C)(O)c1ccccc1C12CC(c3cccc(CCc4ccc5ccc(Cl)cc5n4)c3)SCC1(CC=O)C2. The van der Waals surface area contributed by atoms with Gasteiger partial charge in [0.15, 0.2) is 0 Å². The molecule has 4 aromatic rings. The van der Waals surface area contributed by atoms with E-state index >= 15 is 0 Å². The number of aryl methyl sites for hydroxylation is 2. The third-order valence-corrected chi connectivity index (χ3v) is 10.7. The van der Waals surface area contributed by atoms with E-state index in [-0.39, 0.29) is 10.8 Å². The first-order chi connectivity index (χ1) is 18.7. The van der Waals surface area contributed by atoms with E-state index in [1.165, 1.54) is 16.7 Å². The molecule has 39 heavy (non-hydrogen) atoms. The second-order valence-electron chi connectivity index (χ2n) is 11.9. The number of pyridine rings is 1. The molecular weight excluding hydrogens is 522 g/mol. The van der Waals surface area contributed by atoms with Crippen LogP contribution in [-0.4, -0.2) is 22.1 Å². The molecule has 2 aliphatic rings. The number of fused-ring (bicyclic) bond motifs is 2. The molecule has 1 saturated heterocycles. The fraction of sp³-hybridized carbons (Fsp3) is 0.353. The van der Waals surface area contributed by atoms with Crippen molar-refractivity contribution in [3.63, 3.8) is 0 Å². The number of thioether (sulfide) groups is 1. The Kier molecular flexibility index (Phi) is 6.86. The van der Waals surface area contributed by atoms with Gasteiger partial charge in [0.25, 0.3) is 0 Å². The van der Waals surface area contributed by atoms with Crippen LogP contribution < -0.4 is 0 Å². The van der Waals surface area contributed by atoms with E-state index in [9.17, 15) is 9.90 Å². The van der Waals surface area contributed by atoms with Gasteiger partial charge in [0.05, 0.1) is 11.1 Å². The maximum atomic E-state index is 11.8. The van der Waals surface area contributed by atoms with Crippen molar-refractivity contribution in [3.8, 4) is 0 Å². The van der Waals surface area contributed by atoms with Crippen LogP contribution in [0.25, 0.3) is 10.9 Å². The van der Waals surface area contributed by atoms with Crippen molar-refractivity contribution in [2.75, 3.05) is 5.75 Å². The molecule has 2 fully saturated rings. The minimum atomic E-state index is -0.928. The van der Waals surface area contributed by atoms with Crippen molar-refractivity contribution in [2.45, 2.75) is 62.2 Å². The van der Waals surface area contributed by atoms with Crippen molar-refractivity contribution in [1.29, 1.82) is 0 Å². The normalized spacial score (nSPS) is 24.4. The zero-order valence-corrected chi connectivity index (χ0v) is 24.1. The number of halogens is 1. The molecule has 1 N–H and O–H groups in total. The van der Waals surface area contributed by atoms with Crippen LogP contribution in [0.2, 0.25) is 5.02 Å². The lowest BCUT2D eigenvalue weighted by molar-refractivity contribution is -0.108. The third-order valence-electron chi connectivity index (χ3n) is 8.91. The highest BCUT2D eigenvalue weighted by molar-refractivity contribution is 7.99. The second kappa shape index (κ2) is 10.1. The quantitative estimate of drug-likeness (QED) is 0.224. The van der Waals surface area contributed by atoms with E-state index in [2.05, 4.69) is 54.6 Å². The number of benzene rings is 3. The molecule has 6 rings (SSSR count). The fourth-order valence-electron chi connectivity index (χ4n) is 6.76. The van der Waals surface area contributed by atoms with Crippen LogP contribution >= 0.6 is 23.4 Å². The Bertz CT molecular complexity index is 1550. The molecule has 1 aliphatic carbocycles. The maximum absolute atomic E-state index is 11.8. The first-order valence-corrected chi connectivity index (χ1v) is 15.2. The predicted octanol–water partition coefficient (Wildman–Crippen LogP) is 8.00. The largest absolute Gasteiger partial charge is 0.386 e. The van der Waals surface area contributed by atoms with E-state index in [1.54, 1.807) is 0 Å². The molecule has 3 nitrogen and oxygen atoms in total. The molecule has 0 spiro atoms. The first-order valence-electron chi connectivity index (χ1n) is 13.7. The van der Waals surface area contributed by atoms with Crippen LogP contribution in [0.1, 0.15) is 66.3 Å². The van der Waals surface area contributed by atoms with Crippen LogP contribution in [0, 0.1) is 5.41 Å². The summed E-state index contributed by atoms with van der Waals surface area (Å²) in [7, 11) is 0. The van der Waals surface area contributed by atoms with E-state index in [0.717, 1.165) is 59.9 Å². The van der Waals surface area contributed by atoms with Crippen molar-refractivity contribution >= 4 is 40.6 Å². The Balaban J connectivity index is 1.24.